The van der Waals surface area contributed by atoms with Crippen molar-refractivity contribution in [1.82, 2.24) is 0 Å². The Bertz CT molecular complexity index is 137. The molecule has 0 aliphatic carbocycles. The second-order valence-electron chi connectivity index (χ2n) is 1.97. The van der Waals surface area contributed by atoms with Crippen molar-refractivity contribution in [2.75, 3.05) is 11.9 Å². The van der Waals surface area contributed by atoms with E-state index in [4.69, 9.17) is 4.74 Å². The predicted molar refractivity (Wildman–Crippen MR) is 114 cm³/mol. The lowest BCUT2D eigenvalue weighted by Gasteiger charge is -1.95. The fourth-order valence-electron chi connectivity index (χ4n) is 0.246. The highest BCUT2D eigenvalue weighted by atomic mass is 79.9. The summed E-state index contributed by atoms with van der Waals surface area (Å²) in [6.07, 6.45) is 0. The van der Waals surface area contributed by atoms with Gasteiger partial charge in [0.05, 0.1) is 17.7 Å². The van der Waals surface area contributed by atoms with Crippen LogP contribution in [0.5, 0.6) is 0 Å². The molecule has 0 aromatic rings. The molecule has 0 spiro atoms. The number of carbonyl (C=O) groups is 1. The van der Waals surface area contributed by atoms with Gasteiger partial charge in [0.2, 0.25) is 0 Å². The first-order valence-electron chi connectivity index (χ1n) is 7.38. The molecule has 131 valence electrons. The Hall–Kier alpha value is -0.115. The summed E-state index contributed by atoms with van der Waals surface area (Å²) in [7, 11) is 0. The van der Waals surface area contributed by atoms with Gasteiger partial charge in [-0.15, -0.1) is 0 Å². The van der Waals surface area contributed by atoms with Crippen LogP contribution in [0.15, 0.2) is 12.3 Å². The minimum atomic E-state index is 0. The van der Waals surface area contributed by atoms with Gasteiger partial charge in [0.15, 0.2) is 0 Å². The summed E-state index contributed by atoms with van der Waals surface area (Å²) in [6, 6.07) is 0. The molecule has 2 nitrogen and oxygen atoms in total. The Kier molecular flexibility index (Phi) is 273. The first-order valence-corrected chi connectivity index (χ1v) is 8.50. The van der Waals surface area contributed by atoms with Crippen molar-refractivity contribution in [3.63, 3.8) is 0 Å². The van der Waals surface area contributed by atoms with Crippen LogP contribution in [-0.4, -0.2) is 43.0 Å². The number of halogens is 1. The summed E-state index contributed by atoms with van der Waals surface area (Å²) in [5.41, 5.74) is 0. The summed E-state index contributed by atoms with van der Waals surface area (Å²) in [4.78, 5) is 9.77. The van der Waals surface area contributed by atoms with Crippen LogP contribution in [0.4, 0.5) is 0 Å². The molecule has 0 saturated carbocycles. The fourth-order valence-corrected chi connectivity index (χ4v) is 0.246. The molecule has 0 aliphatic heterocycles. The number of ether oxygens (including phenoxy) is 1. The Labute approximate surface area is 157 Å². The van der Waals surface area contributed by atoms with Gasteiger partial charge in [-0.25, -0.2) is 0 Å². The van der Waals surface area contributed by atoms with Gasteiger partial charge in [0, 0.05) is 25.2 Å². The van der Waals surface area contributed by atoms with Gasteiger partial charge in [0.25, 0.3) is 0 Å². The average Bonchev–Trinajstić information content (AvgIpc) is 2.48. The van der Waals surface area contributed by atoms with Crippen molar-refractivity contribution in [2.45, 2.75) is 76.2 Å². The second kappa shape index (κ2) is 105. The molecule has 0 aliphatic rings. The van der Waals surface area contributed by atoms with Crippen LogP contribution in [0.1, 0.15) is 76.2 Å². The lowest BCUT2D eigenvalue weighted by atomic mass is 10.5. The number of Topliss-reactive ketones (excluding diaryl/α,β-unsaturated/α-hetero) is 1. The van der Waals surface area contributed by atoms with Gasteiger partial charge in [0.1, 0.15) is 5.78 Å². The highest BCUT2D eigenvalue weighted by Crippen LogP contribution is 1.85. The highest BCUT2D eigenvalue weighted by molar-refractivity contribution is 9.09. The second-order valence-corrected chi connectivity index (χ2v) is 2.53. The highest BCUT2D eigenvalue weighted by Gasteiger charge is 1.78. The Morgan fingerprint density at radius 1 is 0.864 bits per heavy atom. The molecule has 0 unspecified atom stereocenters. The first kappa shape index (κ1) is 57.5. The normalized spacial score (nSPS) is 4.91. The van der Waals surface area contributed by atoms with E-state index in [2.05, 4.69) is 22.5 Å². The summed E-state index contributed by atoms with van der Waals surface area (Å²) in [5, 5.41) is 0.479. The predicted octanol–water partition coefficient (Wildman–Crippen LogP) is 5.49. The molecule has 0 atom stereocenters. The maximum absolute atomic E-state index is 9.77. The summed E-state index contributed by atoms with van der Waals surface area (Å²) in [5.74, 6) is 0.961. The van der Waals surface area contributed by atoms with E-state index in [0.29, 0.717) is 5.33 Å². The van der Waals surface area contributed by atoms with E-state index < -0.39 is 0 Å². The van der Waals surface area contributed by atoms with E-state index in [1.54, 1.807) is 0 Å². The summed E-state index contributed by atoms with van der Waals surface area (Å²) < 4.78 is 4.85. The number of alkyl halides is 1. The molecule has 0 heterocycles. The van der Waals surface area contributed by atoms with Crippen LogP contribution in [0.3, 0.4) is 0 Å². The Morgan fingerprint density at radius 2 is 1.05 bits per heavy atom. The van der Waals surface area contributed by atoms with Crippen molar-refractivity contribution in [3.8, 4) is 0 Å². The van der Waals surface area contributed by atoms with E-state index >= 15 is 0 Å². The van der Waals surface area contributed by atoms with E-state index in [1.165, 1.54) is 6.92 Å². The smallest absolute Gasteiger partial charge is 0.140 e. The zero-order chi connectivity index (χ0) is 17.3. The number of carbonyl (C=O) groups excluding carboxylic acids is 1. The van der Waals surface area contributed by atoms with Gasteiger partial charge >= 0.3 is 0 Å². The van der Waals surface area contributed by atoms with Crippen molar-refractivity contribution in [2.24, 2.45) is 0 Å². The minimum Gasteiger partial charge on any atom is -0.499 e. The van der Waals surface area contributed by atoms with Crippen LogP contribution < -0.4 is 0 Å². The van der Waals surface area contributed by atoms with Crippen molar-refractivity contribution < 1.29 is 9.53 Å². The van der Waals surface area contributed by atoms with Crippen LogP contribution in [0.25, 0.3) is 0 Å². The topological polar surface area (TPSA) is 26.3 Å². The fraction of sp³-hybridized carbons (Fsp3) is 0.812. The first-order chi connectivity index (χ1) is 9.04. The van der Waals surface area contributed by atoms with Gasteiger partial charge in [-0.3, -0.25) is 4.79 Å². The third-order valence-electron chi connectivity index (χ3n) is 0.579. The number of allylic oxidation sites excluding steroid dienone is 1. The van der Waals surface area contributed by atoms with Gasteiger partial charge in [-0.05, 0) is 20.8 Å². The van der Waals surface area contributed by atoms with Crippen LogP contribution in [0, 0.1) is 0 Å². The molecular formula is C16H39B3BrO2. The molecule has 22 heavy (non-hydrogen) atoms. The molecule has 0 aromatic carbocycles. The lowest BCUT2D eigenvalue weighted by molar-refractivity contribution is -0.114. The quantitative estimate of drug-likeness (QED) is 0.370. The summed E-state index contributed by atoms with van der Waals surface area (Å²) in [6.45, 7) is 25.6. The average molecular weight is 376 g/mol. The third kappa shape index (κ3) is 297. The number of hydrogen-bond acceptors (Lipinski definition) is 2. The molecular weight excluding hydrogens is 337 g/mol. The molecule has 0 rings (SSSR count). The number of rotatable bonds is 3. The zero-order valence-electron chi connectivity index (χ0n) is 17.0. The summed E-state index contributed by atoms with van der Waals surface area (Å²) >= 11 is 2.96. The SMILES string of the molecule is C=C(C)OCC.CC.CC.CC.CC.CC(=O)CBr.[B].[B].[B]. The van der Waals surface area contributed by atoms with Gasteiger partial charge in [-0.1, -0.05) is 77.9 Å². The third-order valence-corrected chi connectivity index (χ3v) is 1.37. The molecule has 0 N–H and O–H groups in total. The maximum atomic E-state index is 9.77. The molecule has 0 amide bonds. The maximum Gasteiger partial charge on any atom is 0.140 e. The largest absolute Gasteiger partial charge is 0.499 e. The zero-order valence-corrected chi connectivity index (χ0v) is 18.6. The van der Waals surface area contributed by atoms with Crippen LogP contribution in [0.2, 0.25) is 0 Å². The Morgan fingerprint density at radius 3 is 1.05 bits per heavy atom. The van der Waals surface area contributed by atoms with E-state index in [9.17, 15) is 4.79 Å². The van der Waals surface area contributed by atoms with Crippen molar-refractivity contribution >= 4 is 47.0 Å². The Balaban J connectivity index is -0.0000000139. The van der Waals surface area contributed by atoms with Crippen molar-refractivity contribution in [1.29, 1.82) is 0 Å². The molecule has 0 saturated heterocycles. The van der Waals surface area contributed by atoms with Crippen LogP contribution >= 0.6 is 15.9 Å². The molecule has 0 fully saturated rings. The minimum absolute atomic E-state index is 0. The van der Waals surface area contributed by atoms with Crippen molar-refractivity contribution in [3.05, 3.63) is 12.3 Å². The van der Waals surface area contributed by atoms with Gasteiger partial charge < -0.3 is 4.74 Å². The van der Waals surface area contributed by atoms with E-state index in [1.807, 2.05) is 69.2 Å². The lowest BCUT2D eigenvalue weighted by Crippen LogP contribution is -1.85. The van der Waals surface area contributed by atoms with E-state index in [-0.39, 0.29) is 31.0 Å². The standard InChI is InChI=1S/C5H10O.C3H5BrO.4C2H6.3B/c1-4-6-5(2)3;1-3(5)2-4;4*1-2;;;/h2,4H2,1,3H3;2H2,1H3;4*1-2H3;;;. The molecule has 0 aromatic heterocycles. The van der Waals surface area contributed by atoms with E-state index in [0.717, 1.165) is 12.4 Å². The molecule has 0 bridgehead atoms. The number of ketones is 1. The molecule has 9 radical (unpaired) electrons. The van der Waals surface area contributed by atoms with Gasteiger partial charge in [-0.2, -0.15) is 0 Å². The number of hydrogen-bond donors (Lipinski definition) is 0. The monoisotopic (exact) mass is 375 g/mol. The molecule has 6 heteroatoms. The van der Waals surface area contributed by atoms with Crippen LogP contribution in [-0.2, 0) is 9.53 Å².